The van der Waals surface area contributed by atoms with Gasteiger partial charge in [0.15, 0.2) is 0 Å². The molecule has 13 heavy (non-hydrogen) atoms. The van der Waals surface area contributed by atoms with Crippen LogP contribution in [0.3, 0.4) is 0 Å². The van der Waals surface area contributed by atoms with E-state index < -0.39 is 6.51 Å². The predicted octanol–water partition coefficient (Wildman–Crippen LogP) is 3.91. The minimum absolute atomic E-state index is 0.603. The summed E-state index contributed by atoms with van der Waals surface area (Å²) in [7, 11) is 0. The van der Waals surface area contributed by atoms with Gasteiger partial charge >= 0.3 is 71.7 Å². The second kappa shape index (κ2) is 0.267. The molecular formula is C11H11ClFe. The number of halogens is 1. The van der Waals surface area contributed by atoms with Crippen LogP contribution in [-0.4, -0.2) is 3.77 Å². The fourth-order valence-corrected chi connectivity index (χ4v) is 98.3. The van der Waals surface area contributed by atoms with Crippen molar-refractivity contribution in [2.24, 2.45) is 0 Å². The molecule has 0 bridgehead atoms. The zero-order valence-electron chi connectivity index (χ0n) is 7.35. The number of fused-ring (bicyclic) bond motifs is 10. The van der Waals surface area contributed by atoms with Crippen molar-refractivity contribution >= 4 is 11.6 Å². The molecule has 10 fully saturated rings. The first kappa shape index (κ1) is 4.36. The first-order valence-electron chi connectivity index (χ1n) is 5.84. The minimum atomic E-state index is -2.85. The average Bonchev–Trinajstić information content (AvgIpc) is 3.02. The molecule has 10 saturated heterocycles. The van der Waals surface area contributed by atoms with Crippen molar-refractivity contribution in [3.05, 3.63) is 0 Å². The molecule has 0 radical (unpaired) electrons. The van der Waals surface area contributed by atoms with Crippen molar-refractivity contribution in [1.29, 1.82) is 0 Å². The Morgan fingerprint density at radius 2 is 1.46 bits per heavy atom. The Morgan fingerprint density at radius 1 is 0.923 bits per heavy atom. The van der Waals surface area contributed by atoms with Crippen molar-refractivity contribution in [2.45, 2.75) is 53.5 Å². The van der Waals surface area contributed by atoms with Crippen LogP contribution in [0.25, 0.3) is 0 Å². The third-order valence-corrected chi connectivity index (χ3v) is 62.7. The zero-order chi connectivity index (χ0) is 7.94. The van der Waals surface area contributed by atoms with E-state index in [0.29, 0.717) is 3.77 Å². The van der Waals surface area contributed by atoms with Crippen molar-refractivity contribution in [1.82, 2.24) is 0 Å². The molecule has 0 nitrogen and oxygen atoms in total. The van der Waals surface area contributed by atoms with Gasteiger partial charge in [0, 0.05) is 0 Å². The molecule has 10 heterocycles. The van der Waals surface area contributed by atoms with Crippen LogP contribution in [-0.2, 0) is 6.51 Å². The van der Waals surface area contributed by atoms with Gasteiger partial charge in [-0.25, -0.2) is 0 Å². The van der Waals surface area contributed by atoms with E-state index in [0.717, 1.165) is 4.31 Å². The average molecular weight is 235 g/mol. The first-order chi connectivity index (χ1) is 5.94. The van der Waals surface area contributed by atoms with E-state index >= 15 is 0 Å². The third kappa shape index (κ3) is 0.0288. The molecule has 1 spiro atoms. The van der Waals surface area contributed by atoms with Gasteiger partial charge < -0.3 is 0 Å². The van der Waals surface area contributed by atoms with Gasteiger partial charge in [0.2, 0.25) is 0 Å². The standard InChI is InChI=1S/C6H6Cl.C5H5.Fe/c1-5-3-2-4-6(5)7;1-2-4-5-3-1;/h2-4H,1H3;1-5H;. The topological polar surface area (TPSA) is 0 Å². The molecule has 10 aliphatic rings. The second-order valence-electron chi connectivity index (χ2n) is 10.0. The molecule has 70 valence electrons. The molecule has 0 amide bonds. The normalized spacial score (nSPS) is 158. The Bertz CT molecular complexity index is 820. The van der Waals surface area contributed by atoms with Crippen molar-refractivity contribution in [3.8, 4) is 0 Å². The predicted molar refractivity (Wildman–Crippen MR) is 47.0 cm³/mol. The number of hydrogen-bond donors (Lipinski definition) is 0. The van der Waals surface area contributed by atoms with Crippen LogP contribution in [0, 0.1) is 0 Å². The van der Waals surface area contributed by atoms with Crippen LogP contribution in [0.15, 0.2) is 0 Å². The summed E-state index contributed by atoms with van der Waals surface area (Å²) in [5.74, 6) is 0. The van der Waals surface area contributed by atoms with Gasteiger partial charge in [0.1, 0.15) is 0 Å². The fraction of sp³-hybridized carbons (Fsp3) is 1.00. The summed E-state index contributed by atoms with van der Waals surface area (Å²) in [4.78, 5) is 11.0. The Morgan fingerprint density at radius 3 is 1.46 bits per heavy atom. The van der Waals surface area contributed by atoms with Gasteiger partial charge in [-0.2, -0.15) is 0 Å². The molecule has 0 N–H and O–H groups in total. The SMILES string of the molecule is C[C]12[CH]3[CH]4[CH]5[C]1(Cl)[Fe]43521678[CH]2[CH]1[CH]6[CH]7[CH]28. The zero-order valence-corrected chi connectivity index (χ0v) is 9.21. The van der Waals surface area contributed by atoms with Crippen LogP contribution in [0.5, 0.6) is 0 Å². The summed E-state index contributed by atoms with van der Waals surface area (Å²) in [6.45, 7) is -0.160. The summed E-state index contributed by atoms with van der Waals surface area (Å²) in [5.41, 5.74) is 0. The quantitative estimate of drug-likeness (QED) is 0.440. The summed E-state index contributed by atoms with van der Waals surface area (Å²) < 4.78 is 1.50. The Labute approximate surface area is 71.7 Å². The van der Waals surface area contributed by atoms with Gasteiger partial charge in [0.25, 0.3) is 0 Å². The van der Waals surface area contributed by atoms with Crippen LogP contribution >= 0.6 is 11.6 Å². The molecule has 5 unspecified atom stereocenters. The number of hydrogen-bond acceptors (Lipinski definition) is 0. The van der Waals surface area contributed by atoms with Crippen molar-refractivity contribution in [3.63, 3.8) is 0 Å². The van der Waals surface area contributed by atoms with Crippen LogP contribution < -0.4 is 0 Å². The molecule has 10 rings (SSSR count). The van der Waals surface area contributed by atoms with Crippen molar-refractivity contribution < 1.29 is 6.51 Å². The van der Waals surface area contributed by atoms with Crippen LogP contribution in [0.2, 0.25) is 42.8 Å². The number of alkyl halides is 1. The third-order valence-electron chi connectivity index (χ3n) is 15.4. The second-order valence-corrected chi connectivity index (χ2v) is 34.4. The summed E-state index contributed by atoms with van der Waals surface area (Å²) in [5, 5.41) is 0. The van der Waals surface area contributed by atoms with E-state index in [1.807, 2.05) is 0 Å². The maximum absolute atomic E-state index is 7.22. The van der Waals surface area contributed by atoms with Gasteiger partial charge in [-0.1, -0.05) is 0 Å². The van der Waals surface area contributed by atoms with E-state index in [1.54, 1.807) is 0 Å². The number of rotatable bonds is 0. The summed E-state index contributed by atoms with van der Waals surface area (Å²) >= 11 is 7.22. The van der Waals surface area contributed by atoms with Crippen LogP contribution in [0.4, 0.5) is 0 Å². The van der Waals surface area contributed by atoms with E-state index in [9.17, 15) is 0 Å². The van der Waals surface area contributed by atoms with E-state index in [2.05, 4.69) is 6.92 Å². The van der Waals surface area contributed by atoms with Crippen LogP contribution in [0.1, 0.15) is 6.92 Å². The summed E-state index contributed by atoms with van der Waals surface area (Å²) in [6, 6.07) is 0. The molecule has 2 heteroatoms. The van der Waals surface area contributed by atoms with E-state index in [1.165, 1.54) is 38.5 Å². The maximum atomic E-state index is 7.22. The molecule has 0 saturated carbocycles. The first-order valence-corrected chi connectivity index (χ1v) is 12.4. The molecule has 5 atom stereocenters. The monoisotopic (exact) mass is 234 g/mol. The molecule has 0 aromatic carbocycles. The fourth-order valence-electron chi connectivity index (χ4n) is 17.3. The molecule has 10 aliphatic heterocycles. The van der Waals surface area contributed by atoms with E-state index in [-0.39, 0.29) is 0 Å². The Kier molecular flexibility index (Phi) is 0.0894. The van der Waals surface area contributed by atoms with Gasteiger partial charge in [-0.3, -0.25) is 0 Å². The molecule has 0 aliphatic carbocycles. The van der Waals surface area contributed by atoms with Gasteiger partial charge in [-0.15, -0.1) is 0 Å². The van der Waals surface area contributed by atoms with Gasteiger partial charge in [-0.05, 0) is 0 Å². The Balaban J connectivity index is 2.20. The Hall–Kier alpha value is 0.809. The van der Waals surface area contributed by atoms with E-state index in [4.69, 9.17) is 11.6 Å². The molecule has 0 aromatic rings. The van der Waals surface area contributed by atoms with Gasteiger partial charge in [0.05, 0.1) is 0 Å². The molecular weight excluding hydrogens is 223 g/mol. The molecule has 0 aromatic heterocycles. The van der Waals surface area contributed by atoms with Crippen molar-refractivity contribution in [2.75, 3.05) is 0 Å². The summed E-state index contributed by atoms with van der Waals surface area (Å²) in [6.07, 6.45) is 0.